The van der Waals surface area contributed by atoms with Crippen LogP contribution in [0.15, 0.2) is 49.1 Å². The number of nitrogens with one attached hydrogen (secondary N) is 1. The molecule has 1 aliphatic rings. The number of imidazole rings is 1. The molecular weight excluding hydrogens is 430 g/mol. The smallest absolute Gasteiger partial charge is 0.256 e. The van der Waals surface area contributed by atoms with Crippen molar-refractivity contribution in [2.24, 2.45) is 5.92 Å². The Balaban J connectivity index is 1.62. The van der Waals surface area contributed by atoms with Gasteiger partial charge >= 0.3 is 0 Å². The predicted molar refractivity (Wildman–Crippen MR) is 118 cm³/mol. The lowest BCUT2D eigenvalue weighted by Crippen LogP contribution is -2.55. The Morgan fingerprint density at radius 3 is 2.64 bits per heavy atom. The highest BCUT2D eigenvalue weighted by Crippen LogP contribution is 2.31. The topological polar surface area (TPSA) is 86.9 Å². The van der Waals surface area contributed by atoms with Crippen molar-refractivity contribution in [2.75, 3.05) is 13.1 Å². The number of hydrogen-bond donors (Lipinski definition) is 2. The third kappa shape index (κ3) is 4.73. The normalized spacial score (nSPS) is 19.6. The average Bonchev–Trinajstić information content (AvgIpc) is 3.26. The van der Waals surface area contributed by atoms with Crippen molar-refractivity contribution in [2.45, 2.75) is 38.3 Å². The minimum absolute atomic E-state index is 0.132. The summed E-state index contributed by atoms with van der Waals surface area (Å²) in [5, 5.41) is 13.0. The van der Waals surface area contributed by atoms with Gasteiger partial charge in [-0.1, -0.05) is 13.8 Å². The van der Waals surface area contributed by atoms with Gasteiger partial charge in [0.25, 0.3) is 5.91 Å². The minimum atomic E-state index is -1.23. The van der Waals surface area contributed by atoms with Crippen LogP contribution in [0.2, 0.25) is 0 Å². The molecular formula is C24H26F2N4O3. The van der Waals surface area contributed by atoms with Crippen LogP contribution in [0.4, 0.5) is 8.78 Å². The Morgan fingerprint density at radius 2 is 1.94 bits per heavy atom. The molecule has 0 aliphatic carbocycles. The Bertz CT molecular complexity index is 1160. The van der Waals surface area contributed by atoms with E-state index < -0.39 is 35.6 Å². The van der Waals surface area contributed by atoms with Crippen molar-refractivity contribution in [3.8, 4) is 0 Å². The fourth-order valence-corrected chi connectivity index (χ4v) is 4.34. The number of aliphatic hydroxyl groups is 1. The number of halogens is 2. The monoisotopic (exact) mass is 456 g/mol. The number of carbonyl (C=O) groups excluding carboxylic acids is 2. The first-order valence-electron chi connectivity index (χ1n) is 10.9. The van der Waals surface area contributed by atoms with E-state index >= 15 is 0 Å². The molecule has 0 bridgehead atoms. The van der Waals surface area contributed by atoms with Crippen LogP contribution in [-0.4, -0.2) is 56.4 Å². The van der Waals surface area contributed by atoms with Crippen LogP contribution in [0.1, 0.15) is 42.1 Å². The summed E-state index contributed by atoms with van der Waals surface area (Å²) in [6, 6.07) is 6.12. The summed E-state index contributed by atoms with van der Waals surface area (Å²) in [6.45, 7) is 3.91. The van der Waals surface area contributed by atoms with E-state index in [9.17, 15) is 23.5 Å². The van der Waals surface area contributed by atoms with Crippen molar-refractivity contribution >= 4 is 17.3 Å². The largest absolute Gasteiger partial charge is 0.383 e. The van der Waals surface area contributed by atoms with Crippen molar-refractivity contribution in [3.05, 3.63) is 71.8 Å². The van der Waals surface area contributed by atoms with Crippen LogP contribution in [0.25, 0.3) is 5.52 Å². The van der Waals surface area contributed by atoms with Gasteiger partial charge in [0.2, 0.25) is 5.91 Å². The van der Waals surface area contributed by atoms with E-state index in [1.165, 1.54) is 12.1 Å². The third-order valence-electron chi connectivity index (χ3n) is 6.12. The van der Waals surface area contributed by atoms with Crippen molar-refractivity contribution in [1.82, 2.24) is 19.6 Å². The Hall–Kier alpha value is -3.33. The fraction of sp³-hybridized carbons (Fsp3) is 0.375. The summed E-state index contributed by atoms with van der Waals surface area (Å²) >= 11 is 0. The molecule has 1 aliphatic heterocycles. The van der Waals surface area contributed by atoms with Gasteiger partial charge in [0, 0.05) is 31.3 Å². The highest BCUT2D eigenvalue weighted by molar-refractivity contribution is 6.00. The molecule has 1 aromatic carbocycles. The van der Waals surface area contributed by atoms with Gasteiger partial charge in [0.05, 0.1) is 29.6 Å². The molecule has 174 valence electrons. The molecule has 2 amide bonds. The van der Waals surface area contributed by atoms with E-state index in [1.54, 1.807) is 54.0 Å². The Morgan fingerprint density at radius 1 is 1.21 bits per heavy atom. The lowest BCUT2D eigenvalue weighted by molar-refractivity contribution is -0.132. The van der Waals surface area contributed by atoms with Gasteiger partial charge in [-0.15, -0.1) is 0 Å². The quantitative estimate of drug-likeness (QED) is 0.618. The second-order valence-electron chi connectivity index (χ2n) is 8.76. The molecule has 2 aromatic heterocycles. The van der Waals surface area contributed by atoms with Gasteiger partial charge in [-0.05, 0) is 42.2 Å². The number of piperidine rings is 1. The molecule has 1 fully saturated rings. The van der Waals surface area contributed by atoms with Crippen LogP contribution in [0.3, 0.4) is 0 Å². The zero-order valence-electron chi connectivity index (χ0n) is 18.4. The van der Waals surface area contributed by atoms with Crippen LogP contribution < -0.4 is 5.32 Å². The predicted octanol–water partition coefficient (Wildman–Crippen LogP) is 2.74. The first-order chi connectivity index (χ1) is 15.7. The number of benzene rings is 1. The van der Waals surface area contributed by atoms with Gasteiger partial charge in [-0.25, -0.2) is 13.8 Å². The maximum atomic E-state index is 13.9. The Labute approximate surface area is 190 Å². The third-order valence-corrected chi connectivity index (χ3v) is 6.12. The van der Waals surface area contributed by atoms with Crippen LogP contribution in [0.5, 0.6) is 0 Å². The van der Waals surface area contributed by atoms with Gasteiger partial charge in [0.15, 0.2) is 0 Å². The van der Waals surface area contributed by atoms with Crippen molar-refractivity contribution in [1.29, 1.82) is 0 Å². The molecule has 3 heterocycles. The number of likely N-dealkylation sites (tertiary alicyclic amines) is 1. The lowest BCUT2D eigenvalue weighted by atomic mass is 9.84. The number of carbonyl (C=O) groups is 2. The summed E-state index contributed by atoms with van der Waals surface area (Å²) in [5.74, 6) is -2.95. The summed E-state index contributed by atoms with van der Waals surface area (Å²) in [5.41, 5.74) is 1.53. The average molecular weight is 456 g/mol. The molecule has 4 rings (SSSR count). The minimum Gasteiger partial charge on any atom is -0.383 e. The van der Waals surface area contributed by atoms with Crippen LogP contribution >= 0.6 is 0 Å². The van der Waals surface area contributed by atoms with Crippen molar-refractivity contribution in [3.63, 3.8) is 0 Å². The van der Waals surface area contributed by atoms with E-state index in [4.69, 9.17) is 0 Å². The number of nitrogens with zero attached hydrogens (tertiary/aromatic N) is 3. The standard InChI is InChI=1S/C24H26F2N4O3/c1-14(2)22(31)23(32)28-20-12-29(7-5-18(20)15-8-16(25)10-17(26)9-15)24(33)19-4-3-6-30-13-27-11-21(19)30/h3-4,6,8-11,13-14,18,20,22,31H,5,7,12H2,1-2H3,(H,28,32)/t18-,20+,22+/m0/s1. The molecule has 0 spiro atoms. The molecule has 0 radical (unpaired) electrons. The number of aromatic nitrogens is 2. The lowest BCUT2D eigenvalue weighted by Gasteiger charge is -2.39. The van der Waals surface area contributed by atoms with Gasteiger partial charge < -0.3 is 19.7 Å². The number of rotatable bonds is 5. The number of fused-ring (bicyclic) bond motifs is 1. The number of aliphatic hydroxyl groups excluding tert-OH is 1. The fourth-order valence-electron chi connectivity index (χ4n) is 4.34. The molecule has 9 heteroatoms. The molecule has 0 unspecified atom stereocenters. The first-order valence-corrected chi connectivity index (χ1v) is 10.9. The van der Waals surface area contributed by atoms with E-state index in [1.807, 2.05) is 0 Å². The van der Waals surface area contributed by atoms with E-state index in [0.29, 0.717) is 29.6 Å². The summed E-state index contributed by atoms with van der Waals surface area (Å²) in [7, 11) is 0. The van der Waals surface area contributed by atoms with Crippen LogP contribution in [-0.2, 0) is 4.79 Å². The highest BCUT2D eigenvalue weighted by Gasteiger charge is 2.36. The number of amides is 2. The molecule has 7 nitrogen and oxygen atoms in total. The molecule has 3 aromatic rings. The van der Waals surface area contributed by atoms with E-state index in [-0.39, 0.29) is 18.4 Å². The van der Waals surface area contributed by atoms with E-state index in [2.05, 4.69) is 10.3 Å². The molecule has 33 heavy (non-hydrogen) atoms. The summed E-state index contributed by atoms with van der Waals surface area (Å²) in [4.78, 5) is 31.7. The summed E-state index contributed by atoms with van der Waals surface area (Å²) < 4.78 is 29.6. The molecule has 1 saturated heterocycles. The molecule has 0 saturated carbocycles. The highest BCUT2D eigenvalue weighted by atomic mass is 19.1. The molecule has 3 atom stereocenters. The maximum absolute atomic E-state index is 13.9. The van der Waals surface area contributed by atoms with Gasteiger partial charge in [-0.2, -0.15) is 0 Å². The van der Waals surface area contributed by atoms with Gasteiger partial charge in [-0.3, -0.25) is 9.59 Å². The van der Waals surface area contributed by atoms with Crippen LogP contribution in [0, 0.1) is 17.6 Å². The van der Waals surface area contributed by atoms with Gasteiger partial charge in [0.1, 0.15) is 17.7 Å². The second kappa shape index (κ2) is 9.27. The SMILES string of the molecule is CC(C)[C@@H](O)C(=O)N[C@@H]1CN(C(=O)c2cccn3cncc23)CC[C@H]1c1cc(F)cc(F)c1. The maximum Gasteiger partial charge on any atom is 0.256 e. The zero-order chi connectivity index (χ0) is 23.7. The second-order valence-corrected chi connectivity index (χ2v) is 8.76. The van der Waals surface area contributed by atoms with Crippen molar-refractivity contribution < 1.29 is 23.5 Å². The summed E-state index contributed by atoms with van der Waals surface area (Å²) in [6.07, 6.45) is 4.16. The first kappa shape index (κ1) is 22.8. The molecule has 2 N–H and O–H groups in total. The zero-order valence-corrected chi connectivity index (χ0v) is 18.4. The van der Waals surface area contributed by atoms with E-state index in [0.717, 1.165) is 6.07 Å². The Kier molecular flexibility index (Phi) is 6.42. The number of hydrogen-bond acceptors (Lipinski definition) is 4. The number of pyridine rings is 1.